The first-order chi connectivity index (χ1) is 14.8. The number of rotatable bonds is 21. The van der Waals surface area contributed by atoms with Gasteiger partial charge in [0, 0.05) is 11.4 Å². The largest absolute Gasteiger partial charge is 0.258 e. The zero-order valence-electron chi connectivity index (χ0n) is 21.0. The molecule has 1 heterocycles. The van der Waals surface area contributed by atoms with Crippen molar-refractivity contribution in [2.24, 2.45) is 0 Å². The maximum Gasteiger partial charge on any atom is 0.0409 e. The van der Waals surface area contributed by atoms with Gasteiger partial charge in [0.15, 0.2) is 0 Å². The maximum atomic E-state index is 5.02. The van der Waals surface area contributed by atoms with Crippen LogP contribution >= 0.6 is 0 Å². The molecule has 0 bridgehead atoms. The van der Waals surface area contributed by atoms with Crippen molar-refractivity contribution in [3.63, 3.8) is 0 Å². The SMILES string of the molecule is CCCCCCCCCCCc1cc(CC)cc(CCCCCCCCCCC)n1. The van der Waals surface area contributed by atoms with E-state index in [2.05, 4.69) is 32.9 Å². The predicted molar refractivity (Wildman–Crippen MR) is 135 cm³/mol. The minimum absolute atomic E-state index is 1.14. The molecular formula is C29H53N. The molecule has 0 amide bonds. The fourth-order valence-corrected chi connectivity index (χ4v) is 4.41. The molecule has 1 nitrogen and oxygen atoms in total. The lowest BCUT2D eigenvalue weighted by atomic mass is 10.0. The second-order valence-electron chi connectivity index (χ2n) is 9.47. The lowest BCUT2D eigenvalue weighted by Crippen LogP contribution is -1.99. The Morgan fingerprint density at radius 3 is 1.13 bits per heavy atom. The van der Waals surface area contributed by atoms with Crippen molar-refractivity contribution in [3.05, 3.63) is 29.1 Å². The van der Waals surface area contributed by atoms with Gasteiger partial charge in [0.2, 0.25) is 0 Å². The van der Waals surface area contributed by atoms with Gasteiger partial charge in [-0.05, 0) is 49.8 Å². The molecule has 0 spiro atoms. The second kappa shape index (κ2) is 20.1. The van der Waals surface area contributed by atoms with Crippen molar-refractivity contribution in [1.29, 1.82) is 0 Å². The Bertz CT molecular complexity index is 453. The van der Waals surface area contributed by atoms with E-state index < -0.39 is 0 Å². The molecule has 0 aliphatic rings. The third-order valence-electron chi connectivity index (χ3n) is 6.47. The molecule has 174 valence electrons. The average Bonchev–Trinajstić information content (AvgIpc) is 2.76. The smallest absolute Gasteiger partial charge is 0.0409 e. The number of pyridine rings is 1. The number of aryl methyl sites for hydroxylation is 3. The molecular weight excluding hydrogens is 362 g/mol. The summed E-state index contributed by atoms with van der Waals surface area (Å²) >= 11 is 0. The van der Waals surface area contributed by atoms with E-state index in [0.717, 1.165) is 6.42 Å². The number of unbranched alkanes of at least 4 members (excludes halogenated alkanes) is 16. The Morgan fingerprint density at radius 1 is 0.467 bits per heavy atom. The molecule has 0 N–H and O–H groups in total. The van der Waals surface area contributed by atoms with E-state index in [9.17, 15) is 0 Å². The number of nitrogens with zero attached hydrogens (tertiary/aromatic N) is 1. The Morgan fingerprint density at radius 2 is 0.800 bits per heavy atom. The summed E-state index contributed by atoms with van der Waals surface area (Å²) in [5, 5.41) is 0. The number of aromatic nitrogens is 1. The van der Waals surface area contributed by atoms with Crippen LogP contribution in [0.4, 0.5) is 0 Å². The molecule has 0 unspecified atom stereocenters. The molecule has 0 saturated heterocycles. The van der Waals surface area contributed by atoms with Crippen LogP contribution in [-0.4, -0.2) is 4.98 Å². The van der Waals surface area contributed by atoms with Crippen molar-refractivity contribution in [2.75, 3.05) is 0 Å². The quantitative estimate of drug-likeness (QED) is 0.182. The molecule has 0 radical (unpaired) electrons. The van der Waals surface area contributed by atoms with E-state index in [0.29, 0.717) is 0 Å². The topological polar surface area (TPSA) is 12.9 Å². The van der Waals surface area contributed by atoms with Crippen molar-refractivity contribution >= 4 is 0 Å². The van der Waals surface area contributed by atoms with Gasteiger partial charge in [-0.1, -0.05) is 124 Å². The van der Waals surface area contributed by atoms with Crippen LogP contribution in [0.1, 0.15) is 153 Å². The van der Waals surface area contributed by atoms with Gasteiger partial charge in [-0.15, -0.1) is 0 Å². The molecule has 0 aromatic carbocycles. The zero-order chi connectivity index (χ0) is 21.7. The van der Waals surface area contributed by atoms with E-state index in [1.807, 2.05) is 0 Å². The van der Waals surface area contributed by atoms with Gasteiger partial charge in [0.25, 0.3) is 0 Å². The molecule has 0 aliphatic heterocycles. The summed E-state index contributed by atoms with van der Waals surface area (Å²) in [5.74, 6) is 0. The molecule has 1 rings (SSSR count). The van der Waals surface area contributed by atoms with Crippen LogP contribution in [0.5, 0.6) is 0 Å². The summed E-state index contributed by atoms with van der Waals surface area (Å²) in [6.07, 6.45) is 28.7. The predicted octanol–water partition coefficient (Wildman–Crippen LogP) is 9.79. The highest BCUT2D eigenvalue weighted by molar-refractivity contribution is 5.22. The van der Waals surface area contributed by atoms with E-state index in [1.165, 1.54) is 145 Å². The molecule has 1 heteroatoms. The lowest BCUT2D eigenvalue weighted by Gasteiger charge is -2.09. The molecule has 1 aromatic rings. The van der Waals surface area contributed by atoms with Gasteiger partial charge in [0.1, 0.15) is 0 Å². The average molecular weight is 416 g/mol. The lowest BCUT2D eigenvalue weighted by molar-refractivity contribution is 0.560. The van der Waals surface area contributed by atoms with Gasteiger partial charge in [-0.3, -0.25) is 4.98 Å². The third kappa shape index (κ3) is 15.0. The highest BCUT2D eigenvalue weighted by Gasteiger charge is 2.03. The van der Waals surface area contributed by atoms with Crippen LogP contribution in [0.3, 0.4) is 0 Å². The van der Waals surface area contributed by atoms with Crippen LogP contribution in [0.2, 0.25) is 0 Å². The van der Waals surface area contributed by atoms with Crippen LogP contribution in [-0.2, 0) is 19.3 Å². The first-order valence-corrected chi connectivity index (χ1v) is 13.8. The van der Waals surface area contributed by atoms with Crippen molar-refractivity contribution < 1.29 is 0 Å². The van der Waals surface area contributed by atoms with Crippen molar-refractivity contribution in [1.82, 2.24) is 4.98 Å². The van der Waals surface area contributed by atoms with Crippen LogP contribution in [0.25, 0.3) is 0 Å². The Kier molecular flexibility index (Phi) is 18.2. The zero-order valence-corrected chi connectivity index (χ0v) is 21.0. The molecule has 0 atom stereocenters. The Balaban J connectivity index is 2.17. The van der Waals surface area contributed by atoms with Gasteiger partial charge in [0.05, 0.1) is 0 Å². The van der Waals surface area contributed by atoms with E-state index >= 15 is 0 Å². The first-order valence-electron chi connectivity index (χ1n) is 13.8. The minimum Gasteiger partial charge on any atom is -0.258 e. The Labute approximate surface area is 189 Å². The van der Waals surface area contributed by atoms with E-state index in [4.69, 9.17) is 4.98 Å². The van der Waals surface area contributed by atoms with E-state index in [1.54, 1.807) is 0 Å². The summed E-state index contributed by atoms with van der Waals surface area (Å²) in [6, 6.07) is 4.73. The summed E-state index contributed by atoms with van der Waals surface area (Å²) in [5.41, 5.74) is 4.19. The fraction of sp³-hybridized carbons (Fsp3) is 0.828. The van der Waals surface area contributed by atoms with Gasteiger partial charge in [-0.2, -0.15) is 0 Å². The van der Waals surface area contributed by atoms with Crippen LogP contribution < -0.4 is 0 Å². The van der Waals surface area contributed by atoms with Gasteiger partial charge < -0.3 is 0 Å². The number of hydrogen-bond acceptors (Lipinski definition) is 1. The standard InChI is InChI=1S/C29H53N/c1-4-7-9-11-13-15-17-19-21-23-28-25-27(6-3)26-29(30-28)24-22-20-18-16-14-12-10-8-5-2/h25-26H,4-24H2,1-3H3. The van der Waals surface area contributed by atoms with Crippen LogP contribution in [0, 0.1) is 0 Å². The highest BCUT2D eigenvalue weighted by atomic mass is 14.7. The summed E-state index contributed by atoms with van der Waals surface area (Å²) in [7, 11) is 0. The summed E-state index contributed by atoms with van der Waals surface area (Å²) < 4.78 is 0. The summed E-state index contributed by atoms with van der Waals surface area (Å²) in [6.45, 7) is 6.87. The monoisotopic (exact) mass is 415 g/mol. The van der Waals surface area contributed by atoms with Gasteiger partial charge in [-0.25, -0.2) is 0 Å². The third-order valence-corrected chi connectivity index (χ3v) is 6.47. The normalized spacial score (nSPS) is 11.3. The highest BCUT2D eigenvalue weighted by Crippen LogP contribution is 2.16. The fourth-order valence-electron chi connectivity index (χ4n) is 4.41. The first kappa shape index (κ1) is 27.2. The molecule has 0 saturated carbocycles. The molecule has 1 aromatic heterocycles. The van der Waals surface area contributed by atoms with Crippen molar-refractivity contribution in [3.8, 4) is 0 Å². The summed E-state index contributed by atoms with van der Waals surface area (Å²) in [4.78, 5) is 5.02. The number of hydrogen-bond donors (Lipinski definition) is 0. The minimum atomic E-state index is 1.14. The molecule has 0 fully saturated rings. The maximum absolute atomic E-state index is 5.02. The molecule has 30 heavy (non-hydrogen) atoms. The van der Waals surface area contributed by atoms with E-state index in [-0.39, 0.29) is 0 Å². The second-order valence-corrected chi connectivity index (χ2v) is 9.47. The molecule has 0 aliphatic carbocycles. The van der Waals surface area contributed by atoms with Gasteiger partial charge >= 0.3 is 0 Å². The van der Waals surface area contributed by atoms with Crippen LogP contribution in [0.15, 0.2) is 12.1 Å². The Hall–Kier alpha value is -0.850. The van der Waals surface area contributed by atoms with Crippen molar-refractivity contribution in [2.45, 2.75) is 156 Å².